The van der Waals surface area contributed by atoms with E-state index in [-0.39, 0.29) is 24.0 Å². The number of carbonyl (C=O) groups is 2. The lowest BCUT2D eigenvalue weighted by Crippen LogP contribution is -2.48. The van der Waals surface area contributed by atoms with Crippen molar-refractivity contribution in [1.29, 1.82) is 0 Å². The van der Waals surface area contributed by atoms with Crippen LogP contribution in [0.25, 0.3) is 4.85 Å². The Morgan fingerprint density at radius 2 is 2.16 bits per heavy atom. The van der Waals surface area contributed by atoms with Gasteiger partial charge in [0.25, 0.3) is 11.7 Å². The number of anilines is 1. The summed E-state index contributed by atoms with van der Waals surface area (Å²) in [6, 6.07) is 10.7. The lowest BCUT2D eigenvalue weighted by atomic mass is 10.1. The zero-order chi connectivity index (χ0) is 24.9. The number of nitrogens with zero attached hydrogens (tertiary/aromatic N) is 5. The van der Waals surface area contributed by atoms with Gasteiger partial charge in [-0.2, -0.15) is 5.10 Å². The lowest BCUT2D eigenvalue weighted by Gasteiger charge is -2.22. The molecule has 9 heteroatoms. The van der Waals surface area contributed by atoms with Crippen LogP contribution in [0.1, 0.15) is 38.2 Å². The Morgan fingerprint density at radius 3 is 2.91 bits per heavy atom. The molecule has 8 nitrogen and oxygen atoms in total. The van der Waals surface area contributed by atoms with Gasteiger partial charge in [0.2, 0.25) is 5.91 Å². The number of rotatable bonds is 4. The van der Waals surface area contributed by atoms with Crippen molar-refractivity contribution in [1.82, 2.24) is 20.1 Å². The topological polar surface area (TPSA) is 84.5 Å². The minimum absolute atomic E-state index is 0.0841. The first-order chi connectivity index (χ1) is 16.7. The average Bonchev–Trinajstić information content (AvgIpc) is 3.53. The van der Waals surface area contributed by atoms with E-state index in [9.17, 15) is 14.0 Å². The van der Waals surface area contributed by atoms with E-state index in [0.717, 1.165) is 11.8 Å². The fraction of sp³-hybridized carbons (Fsp3) is 0.261. The Morgan fingerprint density at radius 1 is 1.34 bits per heavy atom. The molecule has 5 rings (SSSR count). The first-order valence-corrected chi connectivity index (χ1v) is 9.97. The highest BCUT2D eigenvalue weighted by Crippen LogP contribution is 2.54. The van der Waals surface area contributed by atoms with Gasteiger partial charge < -0.3 is 15.1 Å². The molecule has 0 bridgehead atoms. The van der Waals surface area contributed by atoms with Gasteiger partial charge >= 0.3 is 0 Å². The van der Waals surface area contributed by atoms with Crippen molar-refractivity contribution >= 4 is 23.3 Å². The van der Waals surface area contributed by atoms with Crippen LogP contribution in [0.5, 0.6) is 0 Å². The molecule has 0 radical (unpaired) electrons. The number of nitrogens with one attached hydrogen (secondary N) is 1. The Bertz CT molecular complexity index is 1370. The molecule has 2 aromatic heterocycles. The smallest absolute Gasteiger partial charge is 0.275 e. The van der Waals surface area contributed by atoms with Gasteiger partial charge in [-0.25, -0.2) is 4.39 Å². The van der Waals surface area contributed by atoms with E-state index in [0.29, 0.717) is 17.0 Å². The number of aromatic nitrogens is 3. The molecule has 1 aromatic carbocycles. The highest BCUT2D eigenvalue weighted by molar-refractivity contribution is 6.03. The summed E-state index contributed by atoms with van der Waals surface area (Å²) in [6.07, 6.45) is 1.56. The third kappa shape index (κ3) is 3.39. The molecule has 3 atom stereocenters. The molecular formula is C23H19FN6O2. The Hall–Kier alpha value is -4.06. The number of amides is 2. The fourth-order valence-electron chi connectivity index (χ4n) is 4.10. The zero-order valence-corrected chi connectivity index (χ0v) is 16.7. The van der Waals surface area contributed by atoms with Gasteiger partial charge in [0.05, 0.1) is 18.4 Å². The van der Waals surface area contributed by atoms with Crippen LogP contribution in [-0.2, 0) is 11.3 Å². The molecule has 0 spiro atoms. The van der Waals surface area contributed by atoms with Crippen LogP contribution < -0.4 is 10.2 Å². The average molecular weight is 433 g/mol. The van der Waals surface area contributed by atoms with Gasteiger partial charge in [-0.15, -0.1) is 4.98 Å². The van der Waals surface area contributed by atoms with Crippen LogP contribution >= 0.6 is 0 Å². The Balaban J connectivity index is 1.43. The second kappa shape index (κ2) is 7.57. The van der Waals surface area contributed by atoms with Crippen molar-refractivity contribution < 1.29 is 18.1 Å². The Kier molecular flexibility index (Phi) is 3.93. The summed E-state index contributed by atoms with van der Waals surface area (Å²) < 4.78 is 39.6. The van der Waals surface area contributed by atoms with E-state index in [1.165, 1.54) is 16.8 Å². The molecule has 0 saturated heterocycles. The van der Waals surface area contributed by atoms with Crippen molar-refractivity contribution in [2.24, 2.45) is 5.92 Å². The highest BCUT2D eigenvalue weighted by Gasteiger charge is 2.54. The van der Waals surface area contributed by atoms with E-state index in [4.69, 9.17) is 10.7 Å². The number of pyridine rings is 1. The molecule has 160 valence electrons. The van der Waals surface area contributed by atoms with Crippen LogP contribution in [0.2, 0.25) is 0 Å². The van der Waals surface area contributed by atoms with Crippen LogP contribution in [0, 0.1) is 18.3 Å². The summed E-state index contributed by atoms with van der Waals surface area (Å²) >= 11 is 0. The second-order valence-electron chi connectivity index (χ2n) is 7.83. The Labute approximate surface area is 187 Å². The predicted molar refractivity (Wildman–Crippen MR) is 114 cm³/mol. The molecule has 1 N–H and O–H groups in total. The molecule has 3 aromatic rings. The van der Waals surface area contributed by atoms with Crippen molar-refractivity contribution in [3.8, 4) is 0 Å². The monoisotopic (exact) mass is 433 g/mol. The quantitative estimate of drug-likeness (QED) is 0.642. The normalized spacial score (nSPS) is 23.0. The minimum atomic E-state index is -2.85. The number of halogens is 1. The van der Waals surface area contributed by atoms with Gasteiger partial charge in [-0.3, -0.25) is 14.3 Å². The minimum Gasteiger partial charge on any atom is -0.361 e. The summed E-state index contributed by atoms with van der Waals surface area (Å²) in [7, 11) is 0. The maximum Gasteiger partial charge on any atom is 0.275 e. The van der Waals surface area contributed by atoms with Gasteiger partial charge in [-0.1, -0.05) is 36.9 Å². The summed E-state index contributed by atoms with van der Waals surface area (Å²) in [5.41, 5.74) is 0.800. The maximum absolute atomic E-state index is 14.6. The molecule has 1 aliphatic carbocycles. The largest absolute Gasteiger partial charge is 0.361 e. The predicted octanol–water partition coefficient (Wildman–Crippen LogP) is 2.89. The number of hydrogen-bond acceptors (Lipinski definition) is 4. The molecule has 1 saturated carbocycles. The molecule has 2 aliphatic rings. The number of benzene rings is 1. The summed E-state index contributed by atoms with van der Waals surface area (Å²) in [5.74, 6) is -3.27. The number of likely N-dealkylation sites (N-methyl/N-ethyl adjacent to an activating group) is 1. The van der Waals surface area contributed by atoms with Crippen LogP contribution in [0.15, 0.2) is 48.7 Å². The number of carbonyl (C=O) groups excluding carboxylic acids is 2. The second-order valence-corrected chi connectivity index (χ2v) is 7.83. The van der Waals surface area contributed by atoms with Crippen molar-refractivity contribution in [3.05, 3.63) is 82.8 Å². The van der Waals surface area contributed by atoms with Crippen LogP contribution in [-0.4, -0.2) is 39.6 Å². The van der Waals surface area contributed by atoms with E-state index >= 15 is 0 Å². The summed E-state index contributed by atoms with van der Waals surface area (Å²) in [5, 5.41) is 6.55. The van der Waals surface area contributed by atoms with Crippen molar-refractivity contribution in [3.63, 3.8) is 0 Å². The highest BCUT2D eigenvalue weighted by atomic mass is 19.1. The molecule has 1 aliphatic heterocycles. The third-order valence-corrected chi connectivity index (χ3v) is 5.75. The van der Waals surface area contributed by atoms with Crippen LogP contribution in [0.3, 0.4) is 0 Å². The summed E-state index contributed by atoms with van der Waals surface area (Å²) in [6.45, 7) is 4.59. The summed E-state index contributed by atoms with van der Waals surface area (Å²) in [4.78, 5) is 34.5. The van der Waals surface area contributed by atoms with Crippen molar-refractivity contribution in [2.75, 3.05) is 11.9 Å². The first kappa shape index (κ1) is 16.6. The third-order valence-electron chi connectivity index (χ3n) is 5.75. The molecule has 0 unspecified atom stereocenters. The van der Waals surface area contributed by atoms with E-state index < -0.39 is 42.3 Å². The van der Waals surface area contributed by atoms with Gasteiger partial charge in [-0.05, 0) is 30.0 Å². The van der Waals surface area contributed by atoms with E-state index in [2.05, 4.69) is 20.2 Å². The van der Waals surface area contributed by atoms with Gasteiger partial charge in [0.1, 0.15) is 6.04 Å². The van der Waals surface area contributed by atoms with Gasteiger partial charge in [0, 0.05) is 17.0 Å². The molecule has 1 fully saturated rings. The number of hydrogen-bond donors (Lipinski definition) is 1. The lowest BCUT2D eigenvalue weighted by molar-refractivity contribution is -0.120. The first-order valence-electron chi connectivity index (χ1n) is 11.5. The van der Waals surface area contributed by atoms with E-state index in [1.54, 1.807) is 0 Å². The number of fused-ring (bicyclic) bond motifs is 3. The fourth-order valence-corrected chi connectivity index (χ4v) is 4.10. The molecule has 32 heavy (non-hydrogen) atoms. The van der Waals surface area contributed by atoms with Crippen molar-refractivity contribution in [2.45, 2.75) is 24.9 Å². The zero-order valence-electron chi connectivity index (χ0n) is 19.7. The molecular weight excluding hydrogens is 411 g/mol. The standard InChI is InChI=1S/C23H19FN6O2/c1-25-18-9-8-17-19(26-18)14-10-15(14)20(23(32)29(17)2)27-22(31)21-16(24)12-30(28-21)11-13-6-4-3-5-7-13/h3-9,12,14-15,20H,10-11H2,2H3,(H,27,31)/t14-,15+,20+/m1/s1/i2D3. The van der Waals surface area contributed by atoms with Gasteiger partial charge in [0.15, 0.2) is 17.2 Å². The maximum atomic E-state index is 14.6. The molecule has 3 heterocycles. The molecule has 2 amide bonds. The van der Waals surface area contributed by atoms with E-state index in [1.807, 2.05) is 30.3 Å². The SMILES string of the molecule is [2H]C([2H])([2H])N1C(=O)[C@@H](NC(=O)c2nn(Cc3ccccc3)cc2F)[C@H]2C[C@H]2c2nc([N+]#[C-])ccc21. The van der Waals surface area contributed by atoms with Crippen LogP contribution in [0.4, 0.5) is 15.9 Å².